The maximum atomic E-state index is 13.1. The Bertz CT molecular complexity index is 1350. The highest BCUT2D eigenvalue weighted by atomic mass is 16.6. The summed E-state index contributed by atoms with van der Waals surface area (Å²) in [5.41, 5.74) is 4.99. The molecule has 0 aliphatic heterocycles. The molecular weight excluding hydrogens is 426 g/mol. The van der Waals surface area contributed by atoms with Crippen molar-refractivity contribution in [1.82, 2.24) is 24.7 Å². The number of nitrogens with one attached hydrogen (secondary N) is 1. The van der Waals surface area contributed by atoms with Crippen LogP contribution in [0.15, 0.2) is 41.1 Å². The number of nitro groups is 1. The number of nitrogens with zero attached hydrogens (tertiary/aromatic N) is 6. The third kappa shape index (κ3) is 4.38. The molecule has 0 aliphatic carbocycles. The SMILES string of the molecule is Cc1ccccc1Cn1nc(C)c(NC(=O)c2noc(C)c2Cn2ccc([N+](=O)[O-])n2)c1C. The molecule has 11 nitrogen and oxygen atoms in total. The molecule has 11 heteroatoms. The molecule has 1 N–H and O–H groups in total. The van der Waals surface area contributed by atoms with Crippen molar-refractivity contribution in [3.63, 3.8) is 0 Å². The molecule has 0 fully saturated rings. The lowest BCUT2D eigenvalue weighted by Crippen LogP contribution is -2.17. The minimum Gasteiger partial charge on any atom is -0.361 e. The molecule has 0 saturated heterocycles. The molecule has 0 spiro atoms. The van der Waals surface area contributed by atoms with E-state index in [1.807, 2.05) is 49.7 Å². The summed E-state index contributed by atoms with van der Waals surface area (Å²) in [6.07, 6.45) is 1.47. The monoisotopic (exact) mass is 449 g/mol. The van der Waals surface area contributed by atoms with E-state index in [9.17, 15) is 14.9 Å². The lowest BCUT2D eigenvalue weighted by atomic mass is 10.1. The molecule has 3 aromatic heterocycles. The Balaban J connectivity index is 1.56. The van der Waals surface area contributed by atoms with Gasteiger partial charge in [0.05, 0.1) is 53.1 Å². The number of anilines is 1. The molecule has 0 atom stereocenters. The molecular formula is C22H23N7O4. The van der Waals surface area contributed by atoms with Gasteiger partial charge < -0.3 is 20.0 Å². The van der Waals surface area contributed by atoms with Gasteiger partial charge in [-0.05, 0) is 43.7 Å². The molecule has 0 unspecified atom stereocenters. The number of aryl methyl sites for hydroxylation is 3. The Kier molecular flexibility index (Phi) is 5.78. The van der Waals surface area contributed by atoms with Gasteiger partial charge in [-0.1, -0.05) is 29.4 Å². The molecule has 0 aliphatic rings. The fraction of sp³-hybridized carbons (Fsp3) is 0.273. The number of carbonyl (C=O) groups is 1. The topological polar surface area (TPSA) is 134 Å². The van der Waals surface area contributed by atoms with Gasteiger partial charge >= 0.3 is 5.82 Å². The van der Waals surface area contributed by atoms with Crippen molar-refractivity contribution in [3.8, 4) is 0 Å². The molecule has 4 aromatic rings. The second kappa shape index (κ2) is 8.69. The van der Waals surface area contributed by atoms with Gasteiger partial charge in [0, 0.05) is 0 Å². The summed E-state index contributed by atoms with van der Waals surface area (Å²) >= 11 is 0. The van der Waals surface area contributed by atoms with Crippen LogP contribution in [0.1, 0.15) is 44.3 Å². The van der Waals surface area contributed by atoms with E-state index in [0.717, 1.165) is 16.8 Å². The lowest BCUT2D eigenvalue weighted by Gasteiger charge is -2.09. The van der Waals surface area contributed by atoms with E-state index in [4.69, 9.17) is 4.52 Å². The zero-order chi connectivity index (χ0) is 23.7. The summed E-state index contributed by atoms with van der Waals surface area (Å²) in [7, 11) is 0. The lowest BCUT2D eigenvalue weighted by molar-refractivity contribution is -0.389. The van der Waals surface area contributed by atoms with E-state index in [-0.39, 0.29) is 18.1 Å². The van der Waals surface area contributed by atoms with Gasteiger partial charge in [0.15, 0.2) is 5.69 Å². The maximum Gasteiger partial charge on any atom is 0.389 e. The molecule has 33 heavy (non-hydrogen) atoms. The highest BCUT2D eigenvalue weighted by Gasteiger charge is 2.24. The average Bonchev–Trinajstić information content (AvgIpc) is 3.46. The predicted octanol–water partition coefficient (Wildman–Crippen LogP) is 3.56. The Morgan fingerprint density at radius 3 is 2.58 bits per heavy atom. The van der Waals surface area contributed by atoms with Crippen molar-refractivity contribution in [2.75, 3.05) is 5.32 Å². The standard InChI is InChI=1S/C22H23N7O4/c1-13-7-5-6-8-17(13)11-28-15(3)20(14(2)24-28)23-22(30)21-18(16(4)33-26-21)12-27-10-9-19(25-27)29(31)32/h5-10H,11-12H2,1-4H3,(H,23,30). The number of aromatic nitrogens is 5. The van der Waals surface area contributed by atoms with E-state index in [0.29, 0.717) is 29.2 Å². The normalized spacial score (nSPS) is 11.0. The number of amides is 1. The smallest absolute Gasteiger partial charge is 0.361 e. The first-order valence-electron chi connectivity index (χ1n) is 10.3. The summed E-state index contributed by atoms with van der Waals surface area (Å²) in [5.74, 6) is -0.297. The van der Waals surface area contributed by atoms with E-state index >= 15 is 0 Å². The Labute approximate surface area is 189 Å². The fourth-order valence-electron chi connectivity index (χ4n) is 3.61. The Morgan fingerprint density at radius 1 is 1.12 bits per heavy atom. The molecule has 170 valence electrons. The van der Waals surface area contributed by atoms with Gasteiger partial charge in [-0.15, -0.1) is 0 Å². The van der Waals surface area contributed by atoms with Crippen molar-refractivity contribution in [2.24, 2.45) is 0 Å². The summed E-state index contributed by atoms with van der Waals surface area (Å²) in [6.45, 7) is 8.14. The highest BCUT2D eigenvalue weighted by molar-refractivity contribution is 6.04. The number of benzene rings is 1. The van der Waals surface area contributed by atoms with Gasteiger partial charge in [0.25, 0.3) is 5.91 Å². The van der Waals surface area contributed by atoms with Crippen LogP contribution in [-0.4, -0.2) is 35.5 Å². The summed E-state index contributed by atoms with van der Waals surface area (Å²) in [4.78, 5) is 23.4. The average molecular weight is 449 g/mol. The van der Waals surface area contributed by atoms with Crippen LogP contribution in [0.2, 0.25) is 0 Å². The van der Waals surface area contributed by atoms with Crippen LogP contribution >= 0.6 is 0 Å². The molecule has 0 saturated carbocycles. The van der Waals surface area contributed by atoms with Gasteiger partial charge in [-0.2, -0.15) is 9.78 Å². The molecule has 4 rings (SSSR count). The van der Waals surface area contributed by atoms with Crippen molar-refractivity contribution in [1.29, 1.82) is 0 Å². The van der Waals surface area contributed by atoms with Crippen LogP contribution < -0.4 is 5.32 Å². The van der Waals surface area contributed by atoms with Crippen LogP contribution in [0.5, 0.6) is 0 Å². The van der Waals surface area contributed by atoms with E-state index < -0.39 is 10.8 Å². The number of hydrogen-bond acceptors (Lipinski definition) is 7. The second-order valence-corrected chi connectivity index (χ2v) is 7.78. The Morgan fingerprint density at radius 2 is 1.88 bits per heavy atom. The second-order valence-electron chi connectivity index (χ2n) is 7.78. The summed E-state index contributed by atoms with van der Waals surface area (Å²) < 4.78 is 8.45. The third-order valence-corrected chi connectivity index (χ3v) is 5.53. The number of hydrogen-bond donors (Lipinski definition) is 1. The number of rotatable bonds is 7. The zero-order valence-electron chi connectivity index (χ0n) is 18.7. The van der Waals surface area contributed by atoms with Crippen molar-refractivity contribution in [2.45, 2.75) is 40.8 Å². The van der Waals surface area contributed by atoms with E-state index in [2.05, 4.69) is 20.7 Å². The van der Waals surface area contributed by atoms with Crippen molar-refractivity contribution >= 4 is 17.4 Å². The van der Waals surface area contributed by atoms with Gasteiger partial charge in [-0.25, -0.2) is 0 Å². The van der Waals surface area contributed by atoms with Gasteiger partial charge in [0.2, 0.25) is 0 Å². The third-order valence-electron chi connectivity index (χ3n) is 5.53. The Hall–Kier alpha value is -4.28. The highest BCUT2D eigenvalue weighted by Crippen LogP contribution is 2.23. The first-order chi connectivity index (χ1) is 15.7. The van der Waals surface area contributed by atoms with Gasteiger partial charge in [0.1, 0.15) is 5.76 Å². The maximum absolute atomic E-state index is 13.1. The number of carbonyl (C=O) groups excluding carboxylic acids is 1. The molecule has 3 heterocycles. The van der Waals surface area contributed by atoms with Crippen LogP contribution in [0.25, 0.3) is 0 Å². The minimum absolute atomic E-state index is 0.0936. The molecule has 0 radical (unpaired) electrons. The van der Waals surface area contributed by atoms with Crippen molar-refractivity contribution < 1.29 is 14.2 Å². The van der Waals surface area contributed by atoms with Crippen LogP contribution in [0, 0.1) is 37.8 Å². The van der Waals surface area contributed by atoms with Crippen LogP contribution in [0.3, 0.4) is 0 Å². The summed E-state index contributed by atoms with van der Waals surface area (Å²) in [6, 6.07) is 9.36. The van der Waals surface area contributed by atoms with Gasteiger partial charge in [-0.3, -0.25) is 9.48 Å². The van der Waals surface area contributed by atoms with Crippen LogP contribution in [-0.2, 0) is 13.1 Å². The van der Waals surface area contributed by atoms with Crippen LogP contribution in [0.4, 0.5) is 11.5 Å². The van der Waals surface area contributed by atoms with Crippen molar-refractivity contribution in [3.05, 3.63) is 86.2 Å². The first kappa shape index (κ1) is 21.9. The van der Waals surface area contributed by atoms with E-state index in [1.54, 1.807) is 6.92 Å². The quantitative estimate of drug-likeness (QED) is 0.337. The zero-order valence-corrected chi connectivity index (χ0v) is 18.7. The largest absolute Gasteiger partial charge is 0.389 e. The molecule has 1 aromatic carbocycles. The van der Waals surface area contributed by atoms with E-state index in [1.165, 1.54) is 16.9 Å². The minimum atomic E-state index is -0.579. The first-order valence-corrected chi connectivity index (χ1v) is 10.3. The molecule has 0 bridgehead atoms. The predicted molar refractivity (Wildman–Crippen MR) is 119 cm³/mol. The molecule has 1 amide bonds. The summed E-state index contributed by atoms with van der Waals surface area (Å²) in [5, 5.41) is 26.2. The fourth-order valence-corrected chi connectivity index (χ4v) is 3.61.